The van der Waals surface area contributed by atoms with Crippen LogP contribution in [0.1, 0.15) is 77.6 Å². The number of anilines is 2. The lowest BCUT2D eigenvalue weighted by Gasteiger charge is -2.26. The van der Waals surface area contributed by atoms with Gasteiger partial charge in [-0.05, 0) is 104 Å². The average Bonchev–Trinajstić information content (AvgIpc) is 3.98. The lowest BCUT2D eigenvalue weighted by Crippen LogP contribution is -2.37. The third-order valence-electron chi connectivity index (χ3n) is 14.7. The van der Waals surface area contributed by atoms with Crippen LogP contribution >= 0.6 is 11.3 Å². The lowest BCUT2D eigenvalue weighted by atomic mass is 9.58. The molecule has 0 spiro atoms. The number of nitrogens with one attached hydrogen (secondary N) is 1. The summed E-state index contributed by atoms with van der Waals surface area (Å²) in [6, 6.07) is 53.1. The van der Waals surface area contributed by atoms with Crippen molar-refractivity contribution < 1.29 is 4.42 Å². The highest BCUT2D eigenvalue weighted by molar-refractivity contribution is 7.25. The SMILES string of the molecule is CC(C)(C)c1ccc(Nc2cc3c(cc2-c2ccc4c5cc6c(cc5n5c4c2Bc2cc4c(cc2-5)oc2ccccc24)sc2ccccc26)C(C)(C)c2ccc(C(C)(C)C)cc2-3)cc1. The van der Waals surface area contributed by atoms with Gasteiger partial charge in [0.2, 0.25) is 0 Å². The van der Waals surface area contributed by atoms with Crippen LogP contribution in [0.3, 0.4) is 0 Å². The molecule has 0 saturated carbocycles. The van der Waals surface area contributed by atoms with E-state index in [4.69, 9.17) is 4.42 Å². The van der Waals surface area contributed by atoms with Gasteiger partial charge in [0.15, 0.2) is 7.28 Å². The van der Waals surface area contributed by atoms with Crippen LogP contribution in [-0.4, -0.2) is 11.8 Å². The number of thiophene rings is 1. The van der Waals surface area contributed by atoms with Crippen molar-refractivity contribution in [2.24, 2.45) is 0 Å². The zero-order chi connectivity index (χ0) is 43.6. The summed E-state index contributed by atoms with van der Waals surface area (Å²) in [6.07, 6.45) is 0. The van der Waals surface area contributed by atoms with E-state index in [2.05, 4.69) is 205 Å². The second-order valence-corrected chi connectivity index (χ2v) is 22.2. The highest BCUT2D eigenvalue weighted by Crippen LogP contribution is 2.53. The Bertz CT molecular complexity index is 3830. The molecule has 3 nitrogen and oxygen atoms in total. The number of furan rings is 1. The van der Waals surface area contributed by atoms with E-state index in [9.17, 15) is 0 Å². The van der Waals surface area contributed by atoms with Crippen molar-refractivity contribution >= 4 is 105 Å². The van der Waals surface area contributed by atoms with Crippen molar-refractivity contribution in [1.82, 2.24) is 4.57 Å². The van der Waals surface area contributed by atoms with Crippen molar-refractivity contribution in [1.29, 1.82) is 0 Å². The van der Waals surface area contributed by atoms with E-state index in [1.165, 1.54) is 108 Å². The van der Waals surface area contributed by atoms with E-state index in [1.807, 2.05) is 11.3 Å². The molecule has 0 atom stereocenters. The van der Waals surface area contributed by atoms with Gasteiger partial charge in [0.1, 0.15) is 11.2 Å². The van der Waals surface area contributed by atoms with E-state index in [1.54, 1.807) is 0 Å². The molecule has 3 aromatic heterocycles. The van der Waals surface area contributed by atoms with Crippen LogP contribution in [-0.2, 0) is 16.2 Å². The molecule has 8 aromatic carbocycles. The fourth-order valence-electron chi connectivity index (χ4n) is 11.2. The minimum absolute atomic E-state index is 0.0428. The van der Waals surface area contributed by atoms with Gasteiger partial charge in [0, 0.05) is 81.3 Å². The minimum Gasteiger partial charge on any atom is -0.456 e. The molecule has 0 radical (unpaired) electrons. The fourth-order valence-corrected chi connectivity index (χ4v) is 12.3. The van der Waals surface area contributed by atoms with E-state index in [0.29, 0.717) is 0 Å². The molecule has 0 fully saturated rings. The maximum absolute atomic E-state index is 6.59. The van der Waals surface area contributed by atoms with Gasteiger partial charge in [-0.15, -0.1) is 11.3 Å². The molecule has 4 heterocycles. The first-order chi connectivity index (χ1) is 30.7. The summed E-state index contributed by atoms with van der Waals surface area (Å²) in [5.41, 5.74) is 21.0. The minimum atomic E-state index is -0.173. The molecule has 310 valence electrons. The summed E-state index contributed by atoms with van der Waals surface area (Å²) in [7, 11) is 0.806. The molecule has 5 heteroatoms. The number of rotatable bonds is 3. The molecule has 64 heavy (non-hydrogen) atoms. The Balaban J connectivity index is 1.10. The lowest BCUT2D eigenvalue weighted by molar-refractivity contribution is 0.589. The Morgan fingerprint density at radius 1 is 0.547 bits per heavy atom. The van der Waals surface area contributed by atoms with Crippen LogP contribution in [0.4, 0.5) is 11.4 Å². The molecular weight excluding hydrogens is 796 g/mol. The van der Waals surface area contributed by atoms with Gasteiger partial charge in [-0.25, -0.2) is 0 Å². The fraction of sp³-hybridized carbons (Fsp3) is 0.186. The van der Waals surface area contributed by atoms with Gasteiger partial charge in [-0.2, -0.15) is 0 Å². The Morgan fingerprint density at radius 2 is 1.28 bits per heavy atom. The number of benzene rings is 8. The standard InChI is InChI=1S/C59H49BN2OS/c1-57(2,3)32-17-20-34(21-18-32)61-48-29-40-39-25-33(58(4,5)6)19-24-45(39)59(7,8)46(40)27-41(48)37-22-23-38-42-26-44-36-14-10-12-16-53(36)64-54(44)31-49(42)62-50-30-52-43(28-47(50)60-55(37)56(38)62)35-13-9-11-15-51(35)63-52/h9-31,60-61H,1-8H3. The summed E-state index contributed by atoms with van der Waals surface area (Å²) in [4.78, 5) is 0. The molecular formula is C59H49BN2OS. The highest BCUT2D eigenvalue weighted by Gasteiger charge is 2.38. The van der Waals surface area contributed by atoms with Gasteiger partial charge < -0.3 is 14.3 Å². The van der Waals surface area contributed by atoms with Crippen molar-refractivity contribution in [3.63, 3.8) is 0 Å². The summed E-state index contributed by atoms with van der Waals surface area (Å²) in [6.45, 7) is 18.6. The van der Waals surface area contributed by atoms with Crippen LogP contribution in [0, 0.1) is 0 Å². The smallest absolute Gasteiger partial charge is 0.198 e. The number of fused-ring (bicyclic) bond motifs is 14. The van der Waals surface area contributed by atoms with Crippen LogP contribution in [0.25, 0.3) is 91.9 Å². The quantitative estimate of drug-likeness (QED) is 0.180. The van der Waals surface area contributed by atoms with E-state index >= 15 is 0 Å². The number of nitrogens with zero attached hydrogens (tertiary/aromatic N) is 1. The van der Waals surface area contributed by atoms with E-state index in [0.717, 1.165) is 35.2 Å². The average molecular weight is 845 g/mol. The van der Waals surface area contributed by atoms with Gasteiger partial charge in [-0.1, -0.05) is 146 Å². The van der Waals surface area contributed by atoms with E-state index in [-0.39, 0.29) is 16.2 Å². The second-order valence-electron chi connectivity index (χ2n) is 21.1. The number of hydrogen-bond acceptors (Lipinski definition) is 3. The van der Waals surface area contributed by atoms with Gasteiger partial charge in [0.05, 0.1) is 5.52 Å². The summed E-state index contributed by atoms with van der Waals surface area (Å²) in [5.74, 6) is 0. The summed E-state index contributed by atoms with van der Waals surface area (Å²) < 4.78 is 11.8. The van der Waals surface area contributed by atoms with Crippen LogP contribution in [0.2, 0.25) is 0 Å². The Hall–Kier alpha value is -6.56. The van der Waals surface area contributed by atoms with Crippen molar-refractivity contribution in [3.8, 4) is 27.9 Å². The van der Waals surface area contributed by atoms with Crippen LogP contribution in [0.5, 0.6) is 0 Å². The monoisotopic (exact) mass is 844 g/mol. The molecule has 11 aromatic rings. The molecule has 0 saturated heterocycles. The predicted octanol–water partition coefficient (Wildman–Crippen LogP) is 15.1. The largest absolute Gasteiger partial charge is 0.456 e. The summed E-state index contributed by atoms with van der Waals surface area (Å²) >= 11 is 1.89. The molecule has 2 aliphatic rings. The zero-order valence-corrected chi connectivity index (χ0v) is 38.6. The van der Waals surface area contributed by atoms with Crippen molar-refractivity contribution in [3.05, 3.63) is 162 Å². The number of aromatic nitrogens is 1. The molecule has 13 rings (SSSR count). The molecule has 0 bridgehead atoms. The summed E-state index contributed by atoms with van der Waals surface area (Å²) in [5, 5.41) is 11.6. The van der Waals surface area contributed by atoms with E-state index < -0.39 is 0 Å². The highest BCUT2D eigenvalue weighted by atomic mass is 32.1. The van der Waals surface area contributed by atoms with Crippen molar-refractivity contribution in [2.45, 2.75) is 71.6 Å². The Labute approximate surface area is 378 Å². The third kappa shape index (κ3) is 5.34. The molecule has 1 N–H and O–H groups in total. The number of hydrogen-bond donors (Lipinski definition) is 1. The first kappa shape index (κ1) is 38.0. The second kappa shape index (κ2) is 12.8. The topological polar surface area (TPSA) is 30.1 Å². The maximum atomic E-state index is 6.59. The number of para-hydroxylation sites is 1. The van der Waals surface area contributed by atoms with Crippen LogP contribution < -0.4 is 16.2 Å². The first-order valence-electron chi connectivity index (χ1n) is 22.8. The van der Waals surface area contributed by atoms with Crippen molar-refractivity contribution in [2.75, 3.05) is 5.32 Å². The predicted molar refractivity (Wildman–Crippen MR) is 277 cm³/mol. The Kier molecular flexibility index (Phi) is 7.59. The molecule has 0 amide bonds. The zero-order valence-electron chi connectivity index (χ0n) is 37.7. The van der Waals surface area contributed by atoms with Crippen LogP contribution in [0.15, 0.2) is 144 Å². The maximum Gasteiger partial charge on any atom is 0.198 e. The molecule has 0 unspecified atom stereocenters. The van der Waals surface area contributed by atoms with Gasteiger partial charge in [-0.3, -0.25) is 0 Å². The van der Waals surface area contributed by atoms with Gasteiger partial charge >= 0.3 is 0 Å². The normalized spacial score (nSPS) is 14.2. The molecule has 1 aliphatic carbocycles. The van der Waals surface area contributed by atoms with Gasteiger partial charge in [0.25, 0.3) is 0 Å². The molecule has 1 aliphatic heterocycles. The first-order valence-corrected chi connectivity index (χ1v) is 23.6. The Morgan fingerprint density at radius 3 is 2.08 bits per heavy atom. The third-order valence-corrected chi connectivity index (χ3v) is 15.9.